The first-order chi connectivity index (χ1) is 14.6. The molecule has 176 valence electrons. The van der Waals surface area contributed by atoms with Gasteiger partial charge in [0.1, 0.15) is 0 Å². The predicted molar refractivity (Wildman–Crippen MR) is 126 cm³/mol. The van der Waals surface area contributed by atoms with Crippen LogP contribution in [0.4, 0.5) is 0 Å². The normalized spacial score (nSPS) is 13.5. The number of phosphoric acid groups is 1. The van der Waals surface area contributed by atoms with Crippen molar-refractivity contribution in [1.29, 1.82) is 0 Å². The van der Waals surface area contributed by atoms with Crippen LogP contribution >= 0.6 is 7.82 Å². The molecule has 0 bridgehead atoms. The molecule has 0 aliphatic rings. The molecule has 5 nitrogen and oxygen atoms in total. The zero-order chi connectivity index (χ0) is 21.8. The number of phosphoric ester groups is 1. The molecule has 0 amide bonds. The SMILES string of the molecule is CCCCCCCCCCCCCCCCCCOP(=O)(O)OCCn1cccc1. The Kier molecular flexibility index (Phi) is 17.5. The van der Waals surface area contributed by atoms with E-state index in [9.17, 15) is 9.46 Å². The molecule has 1 N–H and O–H groups in total. The minimum atomic E-state index is -3.91. The Morgan fingerprint density at radius 2 is 1.07 bits per heavy atom. The lowest BCUT2D eigenvalue weighted by Gasteiger charge is -2.12. The maximum absolute atomic E-state index is 11.8. The highest BCUT2D eigenvalue weighted by Gasteiger charge is 2.20. The second-order valence-electron chi connectivity index (χ2n) is 8.36. The van der Waals surface area contributed by atoms with Gasteiger partial charge in [-0.2, -0.15) is 0 Å². The Labute approximate surface area is 185 Å². The second-order valence-corrected chi connectivity index (χ2v) is 9.81. The van der Waals surface area contributed by atoms with Crippen LogP contribution in [0.2, 0.25) is 0 Å². The van der Waals surface area contributed by atoms with E-state index in [1.165, 1.54) is 89.9 Å². The fourth-order valence-electron chi connectivity index (χ4n) is 3.65. The van der Waals surface area contributed by atoms with Crippen molar-refractivity contribution >= 4 is 7.82 Å². The van der Waals surface area contributed by atoms with Crippen molar-refractivity contribution in [1.82, 2.24) is 4.57 Å². The Hall–Kier alpha value is -0.610. The van der Waals surface area contributed by atoms with Gasteiger partial charge >= 0.3 is 7.82 Å². The van der Waals surface area contributed by atoms with Gasteiger partial charge in [0.25, 0.3) is 0 Å². The minimum Gasteiger partial charge on any atom is -0.352 e. The summed E-state index contributed by atoms with van der Waals surface area (Å²) in [4.78, 5) is 9.67. The van der Waals surface area contributed by atoms with E-state index in [-0.39, 0.29) is 13.2 Å². The Balaban J connectivity index is 1.78. The first-order valence-electron chi connectivity index (χ1n) is 12.4. The van der Waals surface area contributed by atoms with Gasteiger partial charge in [0, 0.05) is 18.9 Å². The van der Waals surface area contributed by atoms with Crippen molar-refractivity contribution in [2.75, 3.05) is 13.2 Å². The van der Waals surface area contributed by atoms with Gasteiger partial charge in [0.15, 0.2) is 0 Å². The van der Waals surface area contributed by atoms with Crippen LogP contribution in [-0.4, -0.2) is 22.7 Å². The van der Waals surface area contributed by atoms with E-state index in [2.05, 4.69) is 6.92 Å². The van der Waals surface area contributed by atoms with Crippen LogP contribution in [-0.2, 0) is 20.2 Å². The number of unbranched alkanes of at least 4 members (excludes halogenated alkanes) is 15. The van der Waals surface area contributed by atoms with Gasteiger partial charge in [-0.05, 0) is 18.6 Å². The van der Waals surface area contributed by atoms with Crippen molar-refractivity contribution in [2.45, 2.75) is 116 Å². The molecule has 30 heavy (non-hydrogen) atoms. The van der Waals surface area contributed by atoms with E-state index in [0.29, 0.717) is 6.54 Å². The van der Waals surface area contributed by atoms with Crippen LogP contribution in [0.15, 0.2) is 24.5 Å². The second kappa shape index (κ2) is 19.1. The maximum Gasteiger partial charge on any atom is 0.472 e. The Morgan fingerprint density at radius 1 is 0.667 bits per heavy atom. The summed E-state index contributed by atoms with van der Waals surface area (Å²) in [7, 11) is -3.91. The van der Waals surface area contributed by atoms with E-state index in [1.807, 2.05) is 29.1 Å². The molecule has 1 aromatic heterocycles. The lowest BCUT2D eigenvalue weighted by Crippen LogP contribution is -2.04. The van der Waals surface area contributed by atoms with Crippen molar-refractivity contribution < 1.29 is 18.5 Å². The van der Waals surface area contributed by atoms with E-state index in [0.717, 1.165) is 12.8 Å². The highest BCUT2D eigenvalue weighted by atomic mass is 31.2. The van der Waals surface area contributed by atoms with Crippen molar-refractivity contribution in [3.05, 3.63) is 24.5 Å². The number of hydrogen-bond acceptors (Lipinski definition) is 3. The summed E-state index contributed by atoms with van der Waals surface area (Å²) >= 11 is 0. The highest BCUT2D eigenvalue weighted by Crippen LogP contribution is 2.43. The van der Waals surface area contributed by atoms with Crippen LogP contribution in [0.5, 0.6) is 0 Å². The van der Waals surface area contributed by atoms with Crippen LogP contribution in [0, 0.1) is 0 Å². The zero-order valence-electron chi connectivity index (χ0n) is 19.3. The molecule has 1 aromatic rings. The van der Waals surface area contributed by atoms with Crippen molar-refractivity contribution in [3.8, 4) is 0 Å². The number of rotatable bonds is 22. The predicted octanol–water partition coefficient (Wildman–Crippen LogP) is 7.88. The Morgan fingerprint density at radius 3 is 1.53 bits per heavy atom. The van der Waals surface area contributed by atoms with Gasteiger partial charge < -0.3 is 9.46 Å². The highest BCUT2D eigenvalue weighted by molar-refractivity contribution is 7.47. The fourth-order valence-corrected chi connectivity index (χ4v) is 4.39. The molecule has 1 atom stereocenters. The van der Waals surface area contributed by atoms with Crippen LogP contribution < -0.4 is 0 Å². The van der Waals surface area contributed by atoms with Crippen molar-refractivity contribution in [3.63, 3.8) is 0 Å². The van der Waals surface area contributed by atoms with Crippen LogP contribution in [0.3, 0.4) is 0 Å². The van der Waals surface area contributed by atoms with Gasteiger partial charge in [-0.3, -0.25) is 9.05 Å². The summed E-state index contributed by atoms with van der Waals surface area (Å²) in [6.07, 6.45) is 24.7. The lowest BCUT2D eigenvalue weighted by molar-refractivity contribution is 0.143. The molecule has 0 aliphatic heterocycles. The first-order valence-corrected chi connectivity index (χ1v) is 13.9. The maximum atomic E-state index is 11.8. The topological polar surface area (TPSA) is 60.7 Å². The van der Waals surface area contributed by atoms with Gasteiger partial charge in [-0.15, -0.1) is 0 Å². The van der Waals surface area contributed by atoms with E-state index in [4.69, 9.17) is 9.05 Å². The molecule has 0 spiro atoms. The molecular weight excluding hydrogens is 397 g/mol. The number of hydrogen-bond donors (Lipinski definition) is 1. The number of nitrogens with zero attached hydrogens (tertiary/aromatic N) is 1. The molecule has 0 radical (unpaired) electrons. The molecule has 1 unspecified atom stereocenters. The summed E-state index contributed by atoms with van der Waals surface area (Å²) in [5, 5.41) is 0. The average molecular weight is 444 g/mol. The first kappa shape index (κ1) is 27.4. The van der Waals surface area contributed by atoms with Gasteiger partial charge in [-0.1, -0.05) is 103 Å². The summed E-state index contributed by atoms with van der Waals surface area (Å²) in [5.41, 5.74) is 0. The fraction of sp³-hybridized carbons (Fsp3) is 0.833. The van der Waals surface area contributed by atoms with E-state index in [1.54, 1.807) is 0 Å². The van der Waals surface area contributed by atoms with Gasteiger partial charge in [-0.25, -0.2) is 4.57 Å². The molecule has 0 fully saturated rings. The van der Waals surface area contributed by atoms with Crippen LogP contribution in [0.1, 0.15) is 110 Å². The van der Waals surface area contributed by atoms with E-state index < -0.39 is 7.82 Å². The largest absolute Gasteiger partial charge is 0.472 e. The standard InChI is InChI=1S/C24H46NO4P/c1-2-3-4-5-6-7-8-9-10-11-12-13-14-15-16-19-23-28-30(26,27)29-24-22-25-20-17-18-21-25/h17-18,20-21H,2-16,19,22-24H2,1H3,(H,26,27). The summed E-state index contributed by atoms with van der Waals surface area (Å²) in [6, 6.07) is 3.82. The smallest absolute Gasteiger partial charge is 0.352 e. The van der Waals surface area contributed by atoms with Crippen LogP contribution in [0.25, 0.3) is 0 Å². The van der Waals surface area contributed by atoms with Crippen molar-refractivity contribution in [2.24, 2.45) is 0 Å². The third kappa shape index (κ3) is 17.1. The summed E-state index contributed by atoms with van der Waals surface area (Å²) in [6.45, 7) is 3.27. The zero-order valence-corrected chi connectivity index (χ0v) is 20.2. The molecule has 0 aromatic carbocycles. The monoisotopic (exact) mass is 443 g/mol. The van der Waals surface area contributed by atoms with Gasteiger partial charge in [0.05, 0.1) is 13.2 Å². The molecule has 0 saturated carbocycles. The molecule has 0 aliphatic carbocycles. The molecule has 6 heteroatoms. The Bertz CT molecular complexity index is 521. The summed E-state index contributed by atoms with van der Waals surface area (Å²) < 4.78 is 23.8. The van der Waals surface area contributed by atoms with Gasteiger partial charge in [0.2, 0.25) is 0 Å². The molecule has 1 heterocycles. The lowest BCUT2D eigenvalue weighted by atomic mass is 10.0. The number of aromatic nitrogens is 1. The van der Waals surface area contributed by atoms with E-state index >= 15 is 0 Å². The molecule has 0 saturated heterocycles. The average Bonchev–Trinajstić information content (AvgIpc) is 3.23. The summed E-state index contributed by atoms with van der Waals surface area (Å²) in [5.74, 6) is 0. The molecular formula is C24H46NO4P. The minimum absolute atomic E-state index is 0.168. The third-order valence-corrected chi connectivity index (χ3v) is 6.54. The quantitative estimate of drug-likeness (QED) is 0.146. The third-order valence-electron chi connectivity index (χ3n) is 5.52. The molecule has 1 rings (SSSR count).